The van der Waals surface area contributed by atoms with Gasteiger partial charge in [0.1, 0.15) is 5.54 Å². The van der Waals surface area contributed by atoms with E-state index in [0.29, 0.717) is 12.5 Å². The van der Waals surface area contributed by atoms with E-state index >= 15 is 0 Å². The van der Waals surface area contributed by atoms with Gasteiger partial charge < -0.3 is 16.4 Å². The molecule has 0 aliphatic carbocycles. The van der Waals surface area contributed by atoms with Gasteiger partial charge in [-0.25, -0.2) is 0 Å². The second-order valence-corrected chi connectivity index (χ2v) is 4.79. The summed E-state index contributed by atoms with van der Waals surface area (Å²) in [5.41, 5.74) is 10.2. The third-order valence-corrected chi connectivity index (χ3v) is 3.23. The molecular formula is C12H27N3O. The van der Waals surface area contributed by atoms with Gasteiger partial charge in [-0.3, -0.25) is 4.79 Å². The molecule has 0 aromatic carbocycles. The van der Waals surface area contributed by atoms with Gasteiger partial charge in [0.05, 0.1) is 0 Å². The molecule has 0 saturated carbocycles. The van der Waals surface area contributed by atoms with Crippen molar-refractivity contribution in [2.45, 2.75) is 46.1 Å². The van der Waals surface area contributed by atoms with Crippen molar-refractivity contribution in [3.8, 4) is 0 Å². The highest BCUT2D eigenvalue weighted by atomic mass is 16.1. The minimum atomic E-state index is -0.929. The number of primary amides is 1. The van der Waals surface area contributed by atoms with Crippen molar-refractivity contribution in [1.82, 2.24) is 4.90 Å². The molecule has 96 valence electrons. The fourth-order valence-corrected chi connectivity index (χ4v) is 1.76. The summed E-state index contributed by atoms with van der Waals surface area (Å²) in [5.74, 6) is 0.235. The molecule has 1 atom stereocenters. The van der Waals surface area contributed by atoms with E-state index in [0.717, 1.165) is 25.9 Å². The first-order valence-corrected chi connectivity index (χ1v) is 6.18. The second-order valence-electron chi connectivity index (χ2n) is 4.79. The molecule has 0 fully saturated rings. The van der Waals surface area contributed by atoms with Crippen LogP contribution in [0.1, 0.15) is 40.5 Å². The number of nitrogens with two attached hydrogens (primary N) is 2. The second kappa shape index (κ2) is 6.86. The Morgan fingerprint density at radius 3 is 2.12 bits per heavy atom. The number of nitrogens with zero attached hydrogens (tertiary/aromatic N) is 1. The molecule has 0 aliphatic heterocycles. The third kappa shape index (κ3) is 4.94. The van der Waals surface area contributed by atoms with Crippen molar-refractivity contribution in [2.24, 2.45) is 17.4 Å². The highest BCUT2D eigenvalue weighted by Gasteiger charge is 2.28. The van der Waals surface area contributed by atoms with Crippen molar-refractivity contribution >= 4 is 5.91 Å². The summed E-state index contributed by atoms with van der Waals surface area (Å²) in [5, 5.41) is 0. The van der Waals surface area contributed by atoms with Crippen LogP contribution in [0.5, 0.6) is 0 Å². The lowest BCUT2D eigenvalue weighted by Gasteiger charge is -2.31. The summed E-state index contributed by atoms with van der Waals surface area (Å²) >= 11 is 0. The van der Waals surface area contributed by atoms with Crippen LogP contribution in [0.2, 0.25) is 0 Å². The van der Waals surface area contributed by atoms with Crippen molar-refractivity contribution < 1.29 is 4.79 Å². The molecule has 4 nitrogen and oxygen atoms in total. The number of carbonyl (C=O) groups excluding carboxylic acids is 1. The molecule has 0 aromatic rings. The Labute approximate surface area is 99.4 Å². The maximum absolute atomic E-state index is 11.2. The zero-order valence-corrected chi connectivity index (χ0v) is 11.1. The van der Waals surface area contributed by atoms with Crippen LogP contribution >= 0.6 is 0 Å². The zero-order valence-electron chi connectivity index (χ0n) is 11.1. The van der Waals surface area contributed by atoms with Gasteiger partial charge in [0.15, 0.2) is 0 Å². The first-order chi connectivity index (χ1) is 7.37. The van der Waals surface area contributed by atoms with Gasteiger partial charge in [-0.2, -0.15) is 0 Å². The average molecular weight is 229 g/mol. The first kappa shape index (κ1) is 15.4. The van der Waals surface area contributed by atoms with E-state index in [-0.39, 0.29) is 0 Å². The van der Waals surface area contributed by atoms with Gasteiger partial charge >= 0.3 is 0 Å². The Morgan fingerprint density at radius 2 is 1.81 bits per heavy atom. The van der Waals surface area contributed by atoms with E-state index < -0.39 is 11.4 Å². The first-order valence-electron chi connectivity index (χ1n) is 6.18. The average Bonchev–Trinajstić information content (AvgIpc) is 2.23. The van der Waals surface area contributed by atoms with Crippen LogP contribution in [-0.4, -0.2) is 36.0 Å². The molecule has 4 heteroatoms. The number of hydrogen-bond acceptors (Lipinski definition) is 3. The Morgan fingerprint density at radius 1 is 1.31 bits per heavy atom. The normalized spacial score (nSPS) is 15.4. The highest BCUT2D eigenvalue weighted by Crippen LogP contribution is 2.12. The number of carbonyl (C=O) groups is 1. The molecule has 0 rings (SSSR count). The molecule has 0 bridgehead atoms. The SMILES string of the molecule is CCC(CC)CN(CC)CC(C)(N)C(N)=O. The molecule has 16 heavy (non-hydrogen) atoms. The summed E-state index contributed by atoms with van der Waals surface area (Å²) in [6.45, 7) is 10.6. The maximum atomic E-state index is 11.2. The molecule has 1 unspecified atom stereocenters. The Kier molecular flexibility index (Phi) is 6.60. The summed E-state index contributed by atoms with van der Waals surface area (Å²) < 4.78 is 0. The lowest BCUT2D eigenvalue weighted by molar-refractivity contribution is -0.123. The van der Waals surface area contributed by atoms with Crippen LogP contribution in [0.4, 0.5) is 0 Å². The van der Waals surface area contributed by atoms with Crippen LogP contribution in [0.3, 0.4) is 0 Å². The topological polar surface area (TPSA) is 72.3 Å². The lowest BCUT2D eigenvalue weighted by atomic mass is 9.99. The van der Waals surface area contributed by atoms with Gasteiger partial charge in [-0.1, -0.05) is 33.6 Å². The Bertz CT molecular complexity index is 212. The van der Waals surface area contributed by atoms with Gasteiger partial charge in [0, 0.05) is 13.1 Å². The van der Waals surface area contributed by atoms with E-state index in [1.54, 1.807) is 6.92 Å². The largest absolute Gasteiger partial charge is 0.368 e. The molecular weight excluding hydrogens is 202 g/mol. The van der Waals surface area contributed by atoms with Gasteiger partial charge in [-0.15, -0.1) is 0 Å². The number of hydrogen-bond donors (Lipinski definition) is 2. The molecule has 0 heterocycles. The van der Waals surface area contributed by atoms with Crippen LogP contribution in [0, 0.1) is 5.92 Å². The fourth-order valence-electron chi connectivity index (χ4n) is 1.76. The summed E-state index contributed by atoms with van der Waals surface area (Å²) in [4.78, 5) is 13.4. The van der Waals surface area contributed by atoms with E-state index in [9.17, 15) is 4.79 Å². The van der Waals surface area contributed by atoms with Gasteiger partial charge in [0.25, 0.3) is 0 Å². The van der Waals surface area contributed by atoms with Crippen molar-refractivity contribution in [3.63, 3.8) is 0 Å². The number of amides is 1. The minimum absolute atomic E-state index is 0.435. The fraction of sp³-hybridized carbons (Fsp3) is 0.917. The van der Waals surface area contributed by atoms with E-state index in [1.165, 1.54) is 0 Å². The maximum Gasteiger partial charge on any atom is 0.238 e. The van der Waals surface area contributed by atoms with Crippen molar-refractivity contribution in [3.05, 3.63) is 0 Å². The van der Waals surface area contributed by atoms with Gasteiger partial charge in [-0.05, 0) is 19.4 Å². The lowest BCUT2D eigenvalue weighted by Crippen LogP contribution is -2.57. The standard InChI is InChI=1S/C12H27N3O/c1-5-10(6-2)8-15(7-3)9-12(4,14)11(13)16/h10H,5-9,14H2,1-4H3,(H2,13,16). The molecule has 1 amide bonds. The number of rotatable bonds is 8. The third-order valence-electron chi connectivity index (χ3n) is 3.23. The summed E-state index contributed by atoms with van der Waals surface area (Å²) in [6.07, 6.45) is 2.32. The Balaban J connectivity index is 4.35. The van der Waals surface area contributed by atoms with Crippen molar-refractivity contribution in [1.29, 1.82) is 0 Å². The molecule has 0 radical (unpaired) electrons. The minimum Gasteiger partial charge on any atom is -0.368 e. The van der Waals surface area contributed by atoms with Crippen molar-refractivity contribution in [2.75, 3.05) is 19.6 Å². The van der Waals surface area contributed by atoms with Crippen LogP contribution in [-0.2, 0) is 4.79 Å². The van der Waals surface area contributed by atoms with Crippen LogP contribution in [0.25, 0.3) is 0 Å². The predicted molar refractivity (Wildman–Crippen MR) is 68.0 cm³/mol. The zero-order chi connectivity index (χ0) is 12.8. The van der Waals surface area contributed by atoms with E-state index in [2.05, 4.69) is 25.7 Å². The predicted octanol–water partition coefficient (Wildman–Crippen LogP) is 0.947. The monoisotopic (exact) mass is 229 g/mol. The quantitative estimate of drug-likeness (QED) is 0.651. The van der Waals surface area contributed by atoms with Crippen LogP contribution in [0.15, 0.2) is 0 Å². The molecule has 0 aromatic heterocycles. The summed E-state index contributed by atoms with van der Waals surface area (Å²) in [7, 11) is 0. The van der Waals surface area contributed by atoms with E-state index in [4.69, 9.17) is 11.5 Å². The van der Waals surface area contributed by atoms with Crippen LogP contribution < -0.4 is 11.5 Å². The molecule has 0 saturated heterocycles. The molecule has 0 spiro atoms. The Hall–Kier alpha value is -0.610. The number of likely N-dealkylation sites (N-methyl/N-ethyl adjacent to an activating group) is 1. The molecule has 4 N–H and O–H groups in total. The van der Waals surface area contributed by atoms with E-state index in [1.807, 2.05) is 0 Å². The smallest absolute Gasteiger partial charge is 0.238 e. The highest BCUT2D eigenvalue weighted by molar-refractivity contribution is 5.84. The molecule has 0 aliphatic rings. The van der Waals surface area contributed by atoms with Gasteiger partial charge in [0.2, 0.25) is 5.91 Å². The summed E-state index contributed by atoms with van der Waals surface area (Å²) in [6, 6.07) is 0.